The van der Waals surface area contributed by atoms with Gasteiger partial charge in [0.1, 0.15) is 19.3 Å². The van der Waals surface area contributed by atoms with E-state index < -0.39 is 97.5 Å². The zero-order valence-corrected chi connectivity index (χ0v) is 60.8. The van der Waals surface area contributed by atoms with Gasteiger partial charge in [0.05, 0.1) is 26.4 Å². The Bertz CT molecular complexity index is 1750. The van der Waals surface area contributed by atoms with Crippen molar-refractivity contribution >= 4 is 39.5 Å². The highest BCUT2D eigenvalue weighted by atomic mass is 31.2. The molecule has 0 aromatic rings. The third-order valence-electron chi connectivity index (χ3n) is 16.8. The van der Waals surface area contributed by atoms with Crippen molar-refractivity contribution in [2.75, 3.05) is 39.6 Å². The van der Waals surface area contributed by atoms with Crippen molar-refractivity contribution < 1.29 is 80.2 Å². The maximum atomic E-state index is 13.0. The summed E-state index contributed by atoms with van der Waals surface area (Å²) >= 11 is 0. The SMILES string of the molecule is CCCCCCCCCCCCCCCCCC(=O)OC[C@H](COP(=O)(O)OC[C@@H](O)COP(=O)(O)OC[C@@H](COC(=O)CCCCCCCCCC)OC(=O)CCCCCCCCCCCCC(C)C)OC(=O)CCCCCCCCCCCCCCCCC. The van der Waals surface area contributed by atoms with Gasteiger partial charge >= 0.3 is 39.5 Å². The van der Waals surface area contributed by atoms with E-state index in [2.05, 4.69) is 34.6 Å². The van der Waals surface area contributed by atoms with Crippen molar-refractivity contribution in [2.24, 2.45) is 5.92 Å². The Morgan fingerprint density at radius 3 is 0.747 bits per heavy atom. The first kappa shape index (κ1) is 89.1. The van der Waals surface area contributed by atoms with Crippen LogP contribution in [0.3, 0.4) is 0 Å². The second-order valence-corrected chi connectivity index (χ2v) is 29.4. The Balaban J connectivity index is 5.22. The molecule has 19 heteroatoms. The maximum absolute atomic E-state index is 13.0. The summed E-state index contributed by atoms with van der Waals surface area (Å²) in [4.78, 5) is 72.6. The van der Waals surface area contributed by atoms with Gasteiger partial charge in [-0.2, -0.15) is 0 Å². The monoisotopic (exact) mass is 1340 g/mol. The van der Waals surface area contributed by atoms with Crippen LogP contribution in [0.1, 0.15) is 375 Å². The molecule has 0 heterocycles. The molecule has 0 bridgehead atoms. The highest BCUT2D eigenvalue weighted by Crippen LogP contribution is 2.45. The first-order chi connectivity index (χ1) is 44.0. The number of hydrogen-bond donors (Lipinski definition) is 3. The van der Waals surface area contributed by atoms with Crippen molar-refractivity contribution in [3.05, 3.63) is 0 Å². The van der Waals surface area contributed by atoms with Gasteiger partial charge in [0.25, 0.3) is 0 Å². The smallest absolute Gasteiger partial charge is 0.462 e. The predicted molar refractivity (Wildman–Crippen MR) is 368 cm³/mol. The number of unbranched alkanes of at least 4 members (excludes halogenated alkanes) is 44. The van der Waals surface area contributed by atoms with E-state index in [0.29, 0.717) is 25.7 Å². The molecule has 0 saturated carbocycles. The number of esters is 4. The molecule has 17 nitrogen and oxygen atoms in total. The number of hydrogen-bond acceptors (Lipinski definition) is 15. The number of rotatable bonds is 72. The third kappa shape index (κ3) is 66.5. The minimum absolute atomic E-state index is 0.106. The summed E-state index contributed by atoms with van der Waals surface area (Å²) < 4.78 is 68.3. The fourth-order valence-corrected chi connectivity index (χ4v) is 12.6. The minimum atomic E-state index is -4.95. The Hall–Kier alpha value is -1.94. The number of carbonyl (C=O) groups excluding carboxylic acids is 4. The first-order valence-electron chi connectivity index (χ1n) is 37.6. The van der Waals surface area contributed by atoms with Crippen LogP contribution in [0.15, 0.2) is 0 Å². The molecule has 0 saturated heterocycles. The highest BCUT2D eigenvalue weighted by Gasteiger charge is 2.30. The summed E-state index contributed by atoms with van der Waals surface area (Å²) in [5.74, 6) is -1.37. The molecule has 540 valence electrons. The number of aliphatic hydroxyl groups is 1. The maximum Gasteiger partial charge on any atom is 0.472 e. The molecule has 91 heavy (non-hydrogen) atoms. The van der Waals surface area contributed by atoms with E-state index in [0.717, 1.165) is 102 Å². The quantitative estimate of drug-likeness (QED) is 0.0222. The minimum Gasteiger partial charge on any atom is -0.462 e. The molecule has 0 rings (SSSR count). The number of ether oxygens (including phenoxy) is 4. The summed E-state index contributed by atoms with van der Waals surface area (Å²) in [6.07, 6.45) is 52.7. The normalized spacial score (nSPS) is 14.0. The molecule has 0 fully saturated rings. The van der Waals surface area contributed by atoms with Gasteiger partial charge in [0, 0.05) is 25.7 Å². The number of phosphoric acid groups is 2. The van der Waals surface area contributed by atoms with Gasteiger partial charge in [-0.15, -0.1) is 0 Å². The summed E-state index contributed by atoms with van der Waals surface area (Å²) in [5.41, 5.74) is 0. The third-order valence-corrected chi connectivity index (χ3v) is 18.7. The molecule has 5 atom stereocenters. The van der Waals surface area contributed by atoms with Gasteiger partial charge in [-0.3, -0.25) is 37.3 Å². The van der Waals surface area contributed by atoms with E-state index in [9.17, 15) is 43.2 Å². The average molecular weight is 1340 g/mol. The number of phosphoric ester groups is 2. The fraction of sp³-hybridized carbons (Fsp3) is 0.944. The van der Waals surface area contributed by atoms with Gasteiger partial charge in [0.2, 0.25) is 0 Å². The second kappa shape index (κ2) is 65.4. The van der Waals surface area contributed by atoms with E-state index in [1.807, 2.05) is 0 Å². The molecule has 0 aliphatic carbocycles. The van der Waals surface area contributed by atoms with Crippen molar-refractivity contribution in [2.45, 2.75) is 393 Å². The van der Waals surface area contributed by atoms with Crippen LogP contribution >= 0.6 is 15.6 Å². The molecule has 3 N–H and O–H groups in total. The lowest BCUT2D eigenvalue weighted by Gasteiger charge is -2.21. The van der Waals surface area contributed by atoms with Crippen LogP contribution in [0.25, 0.3) is 0 Å². The summed E-state index contributed by atoms with van der Waals surface area (Å²) in [7, 11) is -9.90. The zero-order valence-electron chi connectivity index (χ0n) is 59.0. The summed E-state index contributed by atoms with van der Waals surface area (Å²) in [5, 5.41) is 10.6. The predicted octanol–water partition coefficient (Wildman–Crippen LogP) is 20.9. The standard InChI is InChI=1S/C72H140O17P2/c1-6-9-12-15-18-21-23-25-27-29-31-36-41-46-51-56-70(75)83-62-68(89-71(76)57-52-47-42-37-32-30-28-26-24-22-19-16-13-10-7-2)64-87-91(80,81)85-60-66(73)59-84-90(78,79)86-63-67(61-82-69(74)55-50-45-40-20-17-14-11-8-3)88-72(77)58-53-48-43-38-34-33-35-39-44-49-54-65(4)5/h65-68,73H,6-64H2,1-5H3,(H,78,79)(H,80,81)/t66-,67+,68+/m0/s1. The van der Waals surface area contributed by atoms with Gasteiger partial charge in [-0.25, -0.2) is 9.13 Å². The largest absolute Gasteiger partial charge is 0.472 e. The zero-order chi connectivity index (χ0) is 67.0. The Kier molecular flexibility index (Phi) is 64.0. The van der Waals surface area contributed by atoms with Crippen LogP contribution in [0.2, 0.25) is 0 Å². The molecule has 2 unspecified atom stereocenters. The first-order valence-corrected chi connectivity index (χ1v) is 40.6. The van der Waals surface area contributed by atoms with Crippen molar-refractivity contribution in [3.63, 3.8) is 0 Å². The lowest BCUT2D eigenvalue weighted by Crippen LogP contribution is -2.30. The van der Waals surface area contributed by atoms with E-state index in [4.69, 9.17) is 37.0 Å². The van der Waals surface area contributed by atoms with Gasteiger partial charge in [0.15, 0.2) is 12.2 Å². The number of carbonyl (C=O) groups is 4. The molecule has 0 aliphatic rings. The van der Waals surface area contributed by atoms with Crippen LogP contribution in [-0.4, -0.2) is 96.7 Å². The van der Waals surface area contributed by atoms with Gasteiger partial charge < -0.3 is 33.8 Å². The molecule has 0 aromatic carbocycles. The molecular formula is C72H140O17P2. The molecule has 0 spiro atoms. The molecule has 0 radical (unpaired) electrons. The average Bonchev–Trinajstić information content (AvgIpc) is 3.53. The molecular weight excluding hydrogens is 1200 g/mol. The Morgan fingerprint density at radius 1 is 0.297 bits per heavy atom. The molecule has 0 aliphatic heterocycles. The number of aliphatic hydroxyl groups excluding tert-OH is 1. The van der Waals surface area contributed by atoms with Crippen molar-refractivity contribution in [1.82, 2.24) is 0 Å². The van der Waals surface area contributed by atoms with Crippen molar-refractivity contribution in [3.8, 4) is 0 Å². The van der Waals surface area contributed by atoms with Crippen LogP contribution in [0.5, 0.6) is 0 Å². The van der Waals surface area contributed by atoms with E-state index >= 15 is 0 Å². The Labute approximate surface area is 556 Å². The van der Waals surface area contributed by atoms with E-state index in [1.54, 1.807) is 0 Å². The van der Waals surface area contributed by atoms with E-state index in [-0.39, 0.29) is 25.7 Å². The summed E-state index contributed by atoms with van der Waals surface area (Å²) in [6, 6.07) is 0. The van der Waals surface area contributed by atoms with Crippen LogP contribution in [0, 0.1) is 5.92 Å². The van der Waals surface area contributed by atoms with Gasteiger partial charge in [-0.05, 0) is 31.6 Å². The van der Waals surface area contributed by atoms with E-state index in [1.165, 1.54) is 193 Å². The highest BCUT2D eigenvalue weighted by molar-refractivity contribution is 7.47. The van der Waals surface area contributed by atoms with Crippen LogP contribution in [0.4, 0.5) is 0 Å². The second-order valence-electron chi connectivity index (χ2n) is 26.5. The molecule has 0 aromatic heterocycles. The lowest BCUT2D eigenvalue weighted by molar-refractivity contribution is -0.161. The van der Waals surface area contributed by atoms with Crippen LogP contribution in [-0.2, 0) is 65.4 Å². The Morgan fingerprint density at radius 2 is 0.505 bits per heavy atom. The topological polar surface area (TPSA) is 237 Å². The fourth-order valence-electron chi connectivity index (χ4n) is 11.0. The van der Waals surface area contributed by atoms with Crippen LogP contribution < -0.4 is 0 Å². The molecule has 0 amide bonds. The van der Waals surface area contributed by atoms with Gasteiger partial charge in [-0.1, -0.05) is 324 Å². The summed E-state index contributed by atoms with van der Waals surface area (Å²) in [6.45, 7) is 7.23. The lowest BCUT2D eigenvalue weighted by atomic mass is 10.0. The van der Waals surface area contributed by atoms with Crippen molar-refractivity contribution in [1.29, 1.82) is 0 Å².